The van der Waals surface area contributed by atoms with Crippen molar-refractivity contribution in [3.63, 3.8) is 0 Å². The molecule has 0 unspecified atom stereocenters. The number of anilines is 1. The molecular weight excluding hydrogens is 467 g/mol. The number of aromatic nitrogens is 2. The molecule has 35 heavy (non-hydrogen) atoms. The fourth-order valence-corrected chi connectivity index (χ4v) is 5.76. The van der Waals surface area contributed by atoms with Crippen molar-refractivity contribution in [2.45, 2.75) is 50.8 Å². The number of rotatable bonds is 5. The van der Waals surface area contributed by atoms with E-state index in [1.54, 1.807) is 48.1 Å². The van der Waals surface area contributed by atoms with Gasteiger partial charge in [0.2, 0.25) is 15.9 Å². The number of halogens is 1. The lowest BCUT2D eigenvalue weighted by atomic mass is 9.87. The fourth-order valence-electron chi connectivity index (χ4n) is 4.29. The number of carbonyl (C=O) groups excluding carboxylic acids is 1. The Balaban J connectivity index is 1.37. The van der Waals surface area contributed by atoms with Gasteiger partial charge in [-0.05, 0) is 61.1 Å². The van der Waals surface area contributed by atoms with Crippen molar-refractivity contribution in [3.05, 3.63) is 72.1 Å². The Morgan fingerprint density at radius 3 is 2.29 bits per heavy atom. The van der Waals surface area contributed by atoms with Crippen LogP contribution in [0.2, 0.25) is 0 Å². The Bertz CT molecular complexity index is 1320. The van der Waals surface area contributed by atoms with Crippen LogP contribution in [-0.4, -0.2) is 41.3 Å². The van der Waals surface area contributed by atoms with Crippen molar-refractivity contribution >= 4 is 21.6 Å². The van der Waals surface area contributed by atoms with E-state index >= 15 is 0 Å². The molecule has 0 radical (unpaired) electrons. The molecule has 3 aromatic rings. The Morgan fingerprint density at radius 1 is 1.09 bits per heavy atom. The Hall–Kier alpha value is -3.04. The van der Waals surface area contributed by atoms with Crippen LogP contribution in [-0.2, 0) is 20.2 Å². The van der Waals surface area contributed by atoms with Crippen molar-refractivity contribution in [3.8, 4) is 5.69 Å². The minimum atomic E-state index is -3.62. The molecule has 186 valence electrons. The quantitative estimate of drug-likeness (QED) is 0.555. The van der Waals surface area contributed by atoms with E-state index in [0.717, 1.165) is 5.56 Å². The lowest BCUT2D eigenvalue weighted by Gasteiger charge is -2.30. The van der Waals surface area contributed by atoms with Gasteiger partial charge in [0.25, 0.3) is 0 Å². The molecule has 0 bridgehead atoms. The van der Waals surface area contributed by atoms with Crippen molar-refractivity contribution in [2.75, 3.05) is 18.4 Å². The van der Waals surface area contributed by atoms with Gasteiger partial charge in [0.15, 0.2) is 0 Å². The summed E-state index contributed by atoms with van der Waals surface area (Å²) >= 11 is 0. The Morgan fingerprint density at radius 2 is 1.74 bits per heavy atom. The second-order valence-electron chi connectivity index (χ2n) is 9.95. The van der Waals surface area contributed by atoms with E-state index in [9.17, 15) is 17.6 Å². The molecule has 7 nitrogen and oxygen atoms in total. The normalized spacial score (nSPS) is 15.8. The molecule has 0 saturated carbocycles. The van der Waals surface area contributed by atoms with Crippen LogP contribution >= 0.6 is 0 Å². The first kappa shape index (κ1) is 25.1. The van der Waals surface area contributed by atoms with Crippen molar-refractivity contribution in [1.82, 2.24) is 13.9 Å². The van der Waals surface area contributed by atoms with Crippen LogP contribution in [0.1, 0.15) is 45.0 Å². The molecular formula is C26H31FN4O3S. The van der Waals surface area contributed by atoms with Gasteiger partial charge in [0.05, 0.1) is 10.6 Å². The fraction of sp³-hybridized carbons (Fsp3) is 0.385. The lowest BCUT2D eigenvalue weighted by molar-refractivity contribution is -0.120. The number of aryl methyl sites for hydroxylation is 1. The minimum absolute atomic E-state index is 0.0599. The SMILES string of the molecule is Cc1nccn1-c1ccc(NC(=O)C2CCN(S(=O)(=O)c3ccc(C(C)(C)C)cc3)CC2)cc1F. The van der Waals surface area contributed by atoms with Crippen LogP contribution < -0.4 is 5.32 Å². The second-order valence-corrected chi connectivity index (χ2v) is 11.9. The van der Waals surface area contributed by atoms with Gasteiger partial charge in [-0.2, -0.15) is 4.31 Å². The average molecular weight is 499 g/mol. The number of nitrogens with zero attached hydrogens (tertiary/aromatic N) is 3. The zero-order valence-corrected chi connectivity index (χ0v) is 21.3. The van der Waals surface area contributed by atoms with Crippen LogP contribution in [0, 0.1) is 18.7 Å². The van der Waals surface area contributed by atoms with Crippen LogP contribution in [0.4, 0.5) is 10.1 Å². The monoisotopic (exact) mass is 498 g/mol. The molecule has 1 aliphatic rings. The summed E-state index contributed by atoms with van der Waals surface area (Å²) in [6.45, 7) is 8.53. The zero-order chi connectivity index (χ0) is 25.4. The molecule has 1 aliphatic heterocycles. The summed E-state index contributed by atoms with van der Waals surface area (Å²) in [5, 5.41) is 2.77. The maximum atomic E-state index is 14.6. The van der Waals surface area contributed by atoms with E-state index < -0.39 is 15.8 Å². The number of carbonyl (C=O) groups is 1. The number of hydrogen-bond acceptors (Lipinski definition) is 4. The van der Waals surface area contributed by atoms with Gasteiger partial charge < -0.3 is 9.88 Å². The van der Waals surface area contributed by atoms with E-state index in [-0.39, 0.29) is 35.2 Å². The average Bonchev–Trinajstić information content (AvgIpc) is 3.24. The first-order chi connectivity index (χ1) is 16.5. The van der Waals surface area contributed by atoms with Gasteiger partial charge in [0.1, 0.15) is 11.6 Å². The summed E-state index contributed by atoms with van der Waals surface area (Å²) in [5.74, 6) is -0.388. The van der Waals surface area contributed by atoms with Crippen molar-refractivity contribution in [2.24, 2.45) is 5.92 Å². The molecule has 0 aliphatic carbocycles. The molecule has 1 fully saturated rings. The van der Waals surface area contributed by atoms with E-state index in [1.165, 1.54) is 10.4 Å². The van der Waals surface area contributed by atoms with E-state index in [1.807, 2.05) is 12.1 Å². The van der Waals surface area contributed by atoms with Gasteiger partial charge in [-0.15, -0.1) is 0 Å². The molecule has 0 spiro atoms. The third-order valence-electron chi connectivity index (χ3n) is 6.48. The maximum Gasteiger partial charge on any atom is 0.243 e. The predicted molar refractivity (Wildman–Crippen MR) is 134 cm³/mol. The van der Waals surface area contributed by atoms with Crippen LogP contribution in [0.25, 0.3) is 5.69 Å². The Labute approximate surface area is 206 Å². The van der Waals surface area contributed by atoms with E-state index in [0.29, 0.717) is 30.0 Å². The van der Waals surface area contributed by atoms with Gasteiger partial charge in [-0.25, -0.2) is 17.8 Å². The molecule has 2 aromatic carbocycles. The first-order valence-electron chi connectivity index (χ1n) is 11.7. The van der Waals surface area contributed by atoms with Crippen molar-refractivity contribution in [1.29, 1.82) is 0 Å². The zero-order valence-electron chi connectivity index (χ0n) is 20.5. The highest BCUT2D eigenvalue weighted by atomic mass is 32.2. The number of benzene rings is 2. The number of sulfonamides is 1. The minimum Gasteiger partial charge on any atom is -0.326 e. The molecule has 9 heteroatoms. The van der Waals surface area contributed by atoms with Gasteiger partial charge >= 0.3 is 0 Å². The summed E-state index contributed by atoms with van der Waals surface area (Å²) in [4.78, 5) is 17.2. The molecule has 0 atom stereocenters. The smallest absolute Gasteiger partial charge is 0.243 e. The molecule has 1 N–H and O–H groups in total. The Kier molecular flexibility index (Phi) is 6.83. The summed E-state index contributed by atoms with van der Waals surface area (Å²) in [6, 6.07) is 11.5. The highest BCUT2D eigenvalue weighted by Gasteiger charge is 2.32. The largest absolute Gasteiger partial charge is 0.326 e. The van der Waals surface area contributed by atoms with Crippen molar-refractivity contribution < 1.29 is 17.6 Å². The van der Waals surface area contributed by atoms with Gasteiger partial charge in [-0.1, -0.05) is 32.9 Å². The number of amides is 1. The number of hydrogen-bond donors (Lipinski definition) is 1. The third-order valence-corrected chi connectivity index (χ3v) is 8.40. The highest BCUT2D eigenvalue weighted by Crippen LogP contribution is 2.28. The second kappa shape index (κ2) is 9.54. The predicted octanol–water partition coefficient (Wildman–Crippen LogP) is 4.66. The topological polar surface area (TPSA) is 84.3 Å². The maximum absolute atomic E-state index is 14.6. The first-order valence-corrected chi connectivity index (χ1v) is 13.1. The molecule has 2 heterocycles. The number of nitrogens with one attached hydrogen (secondary N) is 1. The van der Waals surface area contributed by atoms with E-state index in [4.69, 9.17) is 0 Å². The molecule has 1 saturated heterocycles. The van der Waals surface area contributed by atoms with Gasteiger partial charge in [-0.3, -0.25) is 4.79 Å². The van der Waals surface area contributed by atoms with Crippen LogP contribution in [0.5, 0.6) is 0 Å². The summed E-state index contributed by atoms with van der Waals surface area (Å²) in [7, 11) is -3.62. The third kappa shape index (κ3) is 5.31. The molecule has 4 rings (SSSR count). The number of piperidine rings is 1. The molecule has 1 amide bonds. The standard InChI is InChI=1S/C26H31FN4O3S/c1-18-28-13-16-31(18)24-10-7-21(17-23(24)27)29-25(32)19-11-14-30(15-12-19)35(33,34)22-8-5-20(6-9-22)26(2,3)4/h5-10,13,16-17,19H,11-12,14-15H2,1-4H3,(H,29,32). The van der Waals surface area contributed by atoms with Crippen LogP contribution in [0.3, 0.4) is 0 Å². The number of imidazole rings is 1. The van der Waals surface area contributed by atoms with E-state index in [2.05, 4.69) is 31.1 Å². The van der Waals surface area contributed by atoms with Gasteiger partial charge in [0, 0.05) is 37.1 Å². The summed E-state index contributed by atoms with van der Waals surface area (Å²) < 4.78 is 43.9. The lowest BCUT2D eigenvalue weighted by Crippen LogP contribution is -2.41. The summed E-state index contributed by atoms with van der Waals surface area (Å²) in [5.41, 5.74) is 1.72. The molecule has 1 aromatic heterocycles. The summed E-state index contributed by atoms with van der Waals surface area (Å²) in [6.07, 6.45) is 4.07. The highest BCUT2D eigenvalue weighted by molar-refractivity contribution is 7.89. The van der Waals surface area contributed by atoms with Crippen LogP contribution in [0.15, 0.2) is 59.8 Å².